The predicted octanol–water partition coefficient (Wildman–Crippen LogP) is 6.39. The third kappa shape index (κ3) is 4.34. The van der Waals surface area contributed by atoms with E-state index >= 15 is 0 Å². The third-order valence-corrected chi connectivity index (χ3v) is 5.48. The first-order valence-corrected chi connectivity index (χ1v) is 10.4. The Morgan fingerprint density at radius 1 is 0.806 bits per heavy atom. The number of aryl methyl sites for hydroxylation is 1. The largest absolute Gasteiger partial charge is 0.508 e. The minimum absolute atomic E-state index is 0.0588. The molecule has 31 heavy (non-hydrogen) atoms. The summed E-state index contributed by atoms with van der Waals surface area (Å²) in [6.07, 6.45) is 0. The summed E-state index contributed by atoms with van der Waals surface area (Å²) in [7, 11) is 0. The lowest BCUT2D eigenvalue weighted by Crippen LogP contribution is -2.01. The van der Waals surface area contributed by atoms with Crippen LogP contribution in [0.4, 0.5) is 0 Å². The van der Waals surface area contributed by atoms with Crippen LogP contribution in [0.3, 0.4) is 0 Å². The van der Waals surface area contributed by atoms with Gasteiger partial charge >= 0.3 is 0 Å². The van der Waals surface area contributed by atoms with E-state index in [0.29, 0.717) is 27.5 Å². The molecule has 2 N–H and O–H groups in total. The maximum atomic E-state index is 10.5. The van der Waals surface area contributed by atoms with Gasteiger partial charge in [-0.05, 0) is 41.4 Å². The maximum Gasteiger partial charge on any atom is 0.168 e. The first kappa shape index (κ1) is 20.8. The molecule has 1 heterocycles. The standard InChI is InChI=1S/C25H20BrN3O2/c1-14(2)16-8-10-18(11-9-16)24-27-23(17-6-4-15(3)5-7-17)28-25(29-24)22-20(26)12-19(30)13-21(22)31/h4-13,30-31H,1H2,2-3H3. The monoisotopic (exact) mass is 473 g/mol. The van der Waals surface area contributed by atoms with Crippen molar-refractivity contribution in [2.24, 2.45) is 0 Å². The maximum absolute atomic E-state index is 10.5. The van der Waals surface area contributed by atoms with Gasteiger partial charge in [-0.25, -0.2) is 15.0 Å². The Morgan fingerprint density at radius 2 is 1.32 bits per heavy atom. The molecule has 5 nitrogen and oxygen atoms in total. The van der Waals surface area contributed by atoms with Crippen LogP contribution < -0.4 is 0 Å². The van der Waals surface area contributed by atoms with Gasteiger partial charge in [0.05, 0.1) is 5.56 Å². The molecular formula is C25H20BrN3O2. The van der Waals surface area contributed by atoms with Crippen LogP contribution >= 0.6 is 15.9 Å². The summed E-state index contributed by atoms with van der Waals surface area (Å²) in [5, 5.41) is 20.3. The fourth-order valence-electron chi connectivity index (χ4n) is 3.15. The number of hydrogen-bond donors (Lipinski definition) is 2. The van der Waals surface area contributed by atoms with Crippen molar-refractivity contribution in [1.29, 1.82) is 0 Å². The minimum Gasteiger partial charge on any atom is -0.508 e. The van der Waals surface area contributed by atoms with E-state index < -0.39 is 0 Å². The second-order valence-electron chi connectivity index (χ2n) is 7.35. The molecule has 0 saturated carbocycles. The van der Waals surface area contributed by atoms with Crippen molar-refractivity contribution < 1.29 is 10.2 Å². The lowest BCUT2D eigenvalue weighted by atomic mass is 10.1. The lowest BCUT2D eigenvalue weighted by Gasteiger charge is -2.11. The van der Waals surface area contributed by atoms with E-state index in [0.717, 1.165) is 27.8 Å². The average Bonchev–Trinajstić information content (AvgIpc) is 2.73. The SMILES string of the molecule is C=C(C)c1ccc(-c2nc(-c3ccc(C)cc3)nc(-c3c(O)cc(O)cc3Br)n2)cc1. The van der Waals surface area contributed by atoms with Gasteiger partial charge in [-0.1, -0.05) is 66.2 Å². The Kier molecular flexibility index (Phi) is 5.57. The van der Waals surface area contributed by atoms with E-state index in [1.807, 2.05) is 62.4 Å². The molecule has 1 aromatic heterocycles. The number of aromatic nitrogens is 3. The molecule has 0 aliphatic rings. The number of rotatable bonds is 4. The van der Waals surface area contributed by atoms with E-state index in [9.17, 15) is 10.2 Å². The highest BCUT2D eigenvalue weighted by molar-refractivity contribution is 9.10. The van der Waals surface area contributed by atoms with Gasteiger partial charge in [0.15, 0.2) is 17.5 Å². The number of halogens is 1. The van der Waals surface area contributed by atoms with Crippen LogP contribution in [0.1, 0.15) is 18.1 Å². The highest BCUT2D eigenvalue weighted by Gasteiger charge is 2.18. The summed E-state index contributed by atoms with van der Waals surface area (Å²) in [5.74, 6) is 1.08. The molecule has 6 heteroatoms. The summed E-state index contributed by atoms with van der Waals surface area (Å²) < 4.78 is 0.481. The molecular weight excluding hydrogens is 454 g/mol. The number of phenolic OH excluding ortho intramolecular Hbond substituents is 2. The fraction of sp³-hybridized carbons (Fsp3) is 0.0800. The fourth-order valence-corrected chi connectivity index (χ4v) is 3.77. The average molecular weight is 474 g/mol. The number of nitrogens with zero attached hydrogens (tertiary/aromatic N) is 3. The summed E-state index contributed by atoms with van der Waals surface area (Å²) >= 11 is 3.40. The second-order valence-corrected chi connectivity index (χ2v) is 8.21. The van der Waals surface area contributed by atoms with Crippen LogP contribution in [0.25, 0.3) is 39.7 Å². The van der Waals surface area contributed by atoms with Crippen molar-refractivity contribution in [2.75, 3.05) is 0 Å². The highest BCUT2D eigenvalue weighted by atomic mass is 79.9. The Morgan fingerprint density at radius 3 is 1.84 bits per heavy atom. The van der Waals surface area contributed by atoms with Crippen LogP contribution in [0.15, 0.2) is 71.7 Å². The van der Waals surface area contributed by atoms with E-state index in [1.54, 1.807) is 0 Å². The molecule has 0 unspecified atom stereocenters. The Balaban J connectivity index is 1.93. The molecule has 0 spiro atoms. The van der Waals surface area contributed by atoms with Crippen molar-refractivity contribution in [2.45, 2.75) is 13.8 Å². The Labute approximate surface area is 188 Å². The van der Waals surface area contributed by atoms with E-state index in [2.05, 4.69) is 37.5 Å². The molecule has 0 aliphatic heterocycles. The number of aromatic hydroxyl groups is 2. The second kappa shape index (κ2) is 8.32. The molecule has 0 aliphatic carbocycles. The summed E-state index contributed by atoms with van der Waals surface area (Å²) in [4.78, 5) is 13.9. The normalized spacial score (nSPS) is 10.8. The summed E-state index contributed by atoms with van der Waals surface area (Å²) in [6, 6.07) is 18.5. The van der Waals surface area contributed by atoms with Crippen LogP contribution in [0.5, 0.6) is 11.5 Å². The zero-order valence-electron chi connectivity index (χ0n) is 17.1. The van der Waals surface area contributed by atoms with Gasteiger partial charge in [-0.2, -0.15) is 0 Å². The summed E-state index contributed by atoms with van der Waals surface area (Å²) in [6.45, 7) is 7.95. The zero-order valence-corrected chi connectivity index (χ0v) is 18.7. The van der Waals surface area contributed by atoms with Crippen LogP contribution in [-0.4, -0.2) is 25.2 Å². The smallest absolute Gasteiger partial charge is 0.168 e. The topological polar surface area (TPSA) is 79.1 Å². The van der Waals surface area contributed by atoms with Gasteiger partial charge in [-0.3, -0.25) is 0 Å². The predicted molar refractivity (Wildman–Crippen MR) is 127 cm³/mol. The van der Waals surface area contributed by atoms with Gasteiger partial charge in [0, 0.05) is 21.7 Å². The number of phenols is 2. The van der Waals surface area contributed by atoms with Gasteiger partial charge in [0.25, 0.3) is 0 Å². The lowest BCUT2D eigenvalue weighted by molar-refractivity contribution is 0.451. The van der Waals surface area contributed by atoms with E-state index in [1.165, 1.54) is 12.1 Å². The van der Waals surface area contributed by atoms with Crippen molar-refractivity contribution in [3.63, 3.8) is 0 Å². The van der Waals surface area contributed by atoms with Crippen molar-refractivity contribution >= 4 is 21.5 Å². The molecule has 4 rings (SSSR count). The zero-order chi connectivity index (χ0) is 22.1. The number of benzene rings is 3. The summed E-state index contributed by atoms with van der Waals surface area (Å²) in [5.41, 5.74) is 5.18. The molecule has 0 bridgehead atoms. The molecule has 0 radical (unpaired) electrons. The van der Waals surface area contributed by atoms with Crippen LogP contribution in [-0.2, 0) is 0 Å². The van der Waals surface area contributed by atoms with Gasteiger partial charge in [0.2, 0.25) is 0 Å². The molecule has 154 valence electrons. The number of allylic oxidation sites excluding steroid dienone is 1. The van der Waals surface area contributed by atoms with Crippen LogP contribution in [0.2, 0.25) is 0 Å². The van der Waals surface area contributed by atoms with E-state index in [-0.39, 0.29) is 11.5 Å². The van der Waals surface area contributed by atoms with Crippen molar-refractivity contribution in [3.8, 4) is 45.7 Å². The first-order chi connectivity index (χ1) is 14.8. The highest BCUT2D eigenvalue weighted by Crippen LogP contribution is 2.38. The molecule has 3 aromatic carbocycles. The Bertz CT molecular complexity index is 1260. The molecule has 4 aromatic rings. The van der Waals surface area contributed by atoms with Crippen LogP contribution in [0, 0.1) is 6.92 Å². The van der Waals surface area contributed by atoms with Gasteiger partial charge in [-0.15, -0.1) is 0 Å². The third-order valence-electron chi connectivity index (χ3n) is 4.86. The molecule has 0 saturated heterocycles. The Hall–Kier alpha value is -3.51. The molecule has 0 atom stereocenters. The van der Waals surface area contributed by atoms with Gasteiger partial charge in [0.1, 0.15) is 11.5 Å². The first-order valence-electron chi connectivity index (χ1n) is 9.63. The quantitative estimate of drug-likeness (QED) is 0.359. The van der Waals surface area contributed by atoms with Crippen molar-refractivity contribution in [3.05, 3.63) is 82.8 Å². The molecule has 0 amide bonds. The van der Waals surface area contributed by atoms with Crippen molar-refractivity contribution in [1.82, 2.24) is 15.0 Å². The minimum atomic E-state index is -0.128. The van der Waals surface area contributed by atoms with Gasteiger partial charge < -0.3 is 10.2 Å². The van der Waals surface area contributed by atoms with E-state index in [4.69, 9.17) is 0 Å². The molecule has 0 fully saturated rings. The number of hydrogen-bond acceptors (Lipinski definition) is 5.